The van der Waals surface area contributed by atoms with Crippen molar-refractivity contribution in [3.05, 3.63) is 11.1 Å². The van der Waals surface area contributed by atoms with Crippen LogP contribution in [0.4, 0.5) is 0 Å². The number of aliphatic hydroxyl groups excluding tert-OH is 1. The van der Waals surface area contributed by atoms with Gasteiger partial charge >= 0.3 is 0 Å². The molecule has 1 atom stereocenters. The van der Waals surface area contributed by atoms with Crippen LogP contribution in [0.2, 0.25) is 0 Å². The minimum Gasteiger partial charge on any atom is -0.387 e. The van der Waals surface area contributed by atoms with E-state index in [1.54, 1.807) is 5.38 Å². The number of rotatable bonds is 3. The number of aliphatic hydroxyl groups is 1. The summed E-state index contributed by atoms with van der Waals surface area (Å²) in [6.07, 6.45) is 1.30. The predicted octanol–water partition coefficient (Wildman–Crippen LogP) is 2.40. The maximum Gasteiger partial charge on any atom is 0.104 e. The molecule has 4 heteroatoms. The molecule has 1 rings (SSSR count). The van der Waals surface area contributed by atoms with Gasteiger partial charge in [-0.3, -0.25) is 0 Å². The van der Waals surface area contributed by atoms with E-state index in [0.717, 1.165) is 12.8 Å². The van der Waals surface area contributed by atoms with Gasteiger partial charge in [0.1, 0.15) is 5.69 Å². The van der Waals surface area contributed by atoms with E-state index in [4.69, 9.17) is 0 Å². The van der Waals surface area contributed by atoms with Gasteiger partial charge in [-0.25, -0.2) is 0 Å². The summed E-state index contributed by atoms with van der Waals surface area (Å²) in [5.74, 6) is 0. The van der Waals surface area contributed by atoms with E-state index in [9.17, 15) is 5.11 Å². The minimum absolute atomic E-state index is 0.268. The molecule has 0 aliphatic heterocycles. The summed E-state index contributed by atoms with van der Waals surface area (Å²) < 4.78 is 3.72. The Hall–Kier alpha value is -0.480. The van der Waals surface area contributed by atoms with Crippen molar-refractivity contribution in [2.24, 2.45) is 5.41 Å². The molecule has 0 aromatic carbocycles. The molecule has 0 fully saturated rings. The van der Waals surface area contributed by atoms with Gasteiger partial charge in [0.2, 0.25) is 0 Å². The quantitative estimate of drug-likeness (QED) is 0.815. The lowest BCUT2D eigenvalue weighted by molar-refractivity contribution is 0.143. The fraction of sp³-hybridized carbons (Fsp3) is 0.778. The van der Waals surface area contributed by atoms with Gasteiger partial charge in [0.05, 0.1) is 6.10 Å². The Morgan fingerprint density at radius 1 is 1.54 bits per heavy atom. The second kappa shape index (κ2) is 4.15. The van der Waals surface area contributed by atoms with E-state index in [1.807, 2.05) is 0 Å². The molecule has 1 unspecified atom stereocenters. The van der Waals surface area contributed by atoms with Crippen LogP contribution in [0.1, 0.15) is 45.4 Å². The van der Waals surface area contributed by atoms with E-state index in [-0.39, 0.29) is 5.41 Å². The zero-order valence-electron chi connectivity index (χ0n) is 8.32. The summed E-state index contributed by atoms with van der Waals surface area (Å²) in [4.78, 5) is 0. The SMILES string of the molecule is CC(C)(C)CCC(O)c1csnn1. The lowest BCUT2D eigenvalue weighted by atomic mass is 9.89. The highest BCUT2D eigenvalue weighted by atomic mass is 32.1. The maximum absolute atomic E-state index is 9.68. The molecule has 0 spiro atoms. The second-order valence-electron chi connectivity index (χ2n) is 4.44. The van der Waals surface area contributed by atoms with Crippen LogP contribution in [-0.4, -0.2) is 14.7 Å². The van der Waals surface area contributed by atoms with Gasteiger partial charge in [0, 0.05) is 5.38 Å². The molecule has 0 amide bonds. The minimum atomic E-state index is -0.446. The third kappa shape index (κ3) is 3.83. The number of aromatic nitrogens is 2. The van der Waals surface area contributed by atoms with Gasteiger partial charge < -0.3 is 5.11 Å². The van der Waals surface area contributed by atoms with Crippen molar-refractivity contribution in [1.29, 1.82) is 0 Å². The van der Waals surface area contributed by atoms with Gasteiger partial charge in [0.25, 0.3) is 0 Å². The molecule has 0 aliphatic carbocycles. The molecule has 1 N–H and O–H groups in total. The standard InChI is InChI=1S/C9H16N2OS/c1-9(2,3)5-4-8(12)7-6-13-11-10-7/h6,8,12H,4-5H2,1-3H3. The maximum atomic E-state index is 9.68. The van der Waals surface area contributed by atoms with Crippen LogP contribution in [-0.2, 0) is 0 Å². The molecule has 0 aliphatic rings. The highest BCUT2D eigenvalue weighted by Crippen LogP contribution is 2.26. The fourth-order valence-electron chi connectivity index (χ4n) is 1.03. The van der Waals surface area contributed by atoms with Crippen molar-refractivity contribution in [2.75, 3.05) is 0 Å². The molecular formula is C9H16N2OS. The Kier molecular flexibility index (Phi) is 3.39. The smallest absolute Gasteiger partial charge is 0.104 e. The first-order valence-electron chi connectivity index (χ1n) is 4.44. The third-order valence-electron chi connectivity index (χ3n) is 1.89. The molecule has 0 saturated carbocycles. The highest BCUT2D eigenvalue weighted by molar-refractivity contribution is 7.03. The van der Waals surface area contributed by atoms with E-state index in [2.05, 4.69) is 30.4 Å². The molecular weight excluding hydrogens is 184 g/mol. The lowest BCUT2D eigenvalue weighted by Gasteiger charge is -2.19. The summed E-state index contributed by atoms with van der Waals surface area (Å²) in [7, 11) is 0. The Morgan fingerprint density at radius 2 is 2.23 bits per heavy atom. The summed E-state index contributed by atoms with van der Waals surface area (Å²) in [5, 5.41) is 15.3. The zero-order valence-corrected chi connectivity index (χ0v) is 9.14. The molecule has 0 bridgehead atoms. The van der Waals surface area contributed by atoms with Gasteiger partial charge in [-0.2, -0.15) is 0 Å². The fourth-order valence-corrected chi connectivity index (χ4v) is 1.54. The number of nitrogens with zero attached hydrogens (tertiary/aromatic N) is 2. The van der Waals surface area contributed by atoms with E-state index in [1.165, 1.54) is 11.5 Å². The first kappa shape index (κ1) is 10.6. The van der Waals surface area contributed by atoms with Crippen LogP contribution in [0.5, 0.6) is 0 Å². The van der Waals surface area contributed by atoms with E-state index < -0.39 is 6.10 Å². The van der Waals surface area contributed by atoms with Crippen molar-refractivity contribution in [3.63, 3.8) is 0 Å². The molecule has 3 nitrogen and oxygen atoms in total. The highest BCUT2D eigenvalue weighted by Gasteiger charge is 2.16. The van der Waals surface area contributed by atoms with Crippen LogP contribution >= 0.6 is 11.5 Å². The molecule has 1 aromatic heterocycles. The topological polar surface area (TPSA) is 46.0 Å². The van der Waals surface area contributed by atoms with Crippen molar-refractivity contribution < 1.29 is 5.11 Å². The van der Waals surface area contributed by atoms with Crippen molar-refractivity contribution in [2.45, 2.75) is 39.7 Å². The van der Waals surface area contributed by atoms with Crippen LogP contribution in [0.3, 0.4) is 0 Å². The zero-order chi connectivity index (χ0) is 9.90. The molecule has 1 aromatic rings. The van der Waals surface area contributed by atoms with Crippen molar-refractivity contribution >= 4 is 11.5 Å². The van der Waals surface area contributed by atoms with E-state index >= 15 is 0 Å². The number of hydrogen-bond acceptors (Lipinski definition) is 4. The average Bonchev–Trinajstić information content (AvgIpc) is 2.50. The van der Waals surface area contributed by atoms with Crippen LogP contribution in [0, 0.1) is 5.41 Å². The van der Waals surface area contributed by atoms with E-state index in [0.29, 0.717) is 5.69 Å². The first-order valence-corrected chi connectivity index (χ1v) is 5.28. The molecule has 13 heavy (non-hydrogen) atoms. The average molecular weight is 200 g/mol. The predicted molar refractivity (Wildman–Crippen MR) is 53.6 cm³/mol. The van der Waals surface area contributed by atoms with Gasteiger partial charge in [-0.1, -0.05) is 25.3 Å². The van der Waals surface area contributed by atoms with Gasteiger partial charge in [0.15, 0.2) is 0 Å². The summed E-state index contributed by atoms with van der Waals surface area (Å²) >= 11 is 1.28. The number of hydrogen-bond donors (Lipinski definition) is 1. The van der Waals surface area contributed by atoms with Crippen molar-refractivity contribution in [3.8, 4) is 0 Å². The molecule has 1 heterocycles. The molecule has 74 valence electrons. The third-order valence-corrected chi connectivity index (χ3v) is 2.41. The van der Waals surface area contributed by atoms with Crippen LogP contribution < -0.4 is 0 Å². The molecule has 0 saturated heterocycles. The van der Waals surface area contributed by atoms with Gasteiger partial charge in [-0.15, -0.1) is 5.10 Å². The Labute approximate surface area is 83.0 Å². The monoisotopic (exact) mass is 200 g/mol. The van der Waals surface area contributed by atoms with Crippen LogP contribution in [0.15, 0.2) is 5.38 Å². The summed E-state index contributed by atoms with van der Waals surface area (Å²) in [5.41, 5.74) is 0.971. The van der Waals surface area contributed by atoms with Crippen LogP contribution in [0.25, 0.3) is 0 Å². The Balaban J connectivity index is 2.39. The largest absolute Gasteiger partial charge is 0.387 e. The molecule has 0 radical (unpaired) electrons. The summed E-state index contributed by atoms with van der Waals surface area (Å²) in [6.45, 7) is 6.50. The first-order chi connectivity index (χ1) is 5.99. The Morgan fingerprint density at radius 3 is 2.69 bits per heavy atom. The Bertz CT molecular complexity index is 241. The normalized spacial score (nSPS) is 14.5. The second-order valence-corrected chi connectivity index (χ2v) is 5.05. The van der Waals surface area contributed by atoms with Crippen molar-refractivity contribution in [1.82, 2.24) is 9.59 Å². The summed E-state index contributed by atoms with van der Waals surface area (Å²) in [6, 6.07) is 0. The lowest BCUT2D eigenvalue weighted by Crippen LogP contribution is -2.08. The van der Waals surface area contributed by atoms with Gasteiger partial charge in [-0.05, 0) is 29.8 Å².